The minimum atomic E-state index is -1.35. The highest BCUT2D eigenvalue weighted by molar-refractivity contribution is 5.89. The Balaban J connectivity index is 1.94. The molecular formula is C24H30O10. The first-order chi connectivity index (χ1) is 16.6. The maximum Gasteiger partial charge on any atom is 0.373 e. The maximum absolute atomic E-state index is 12.3. The lowest BCUT2D eigenvalue weighted by Gasteiger charge is -2.15. The Labute approximate surface area is 198 Å². The fourth-order valence-electron chi connectivity index (χ4n) is 2.56. The molecule has 0 N–H and O–H groups in total. The minimum Gasteiger partial charge on any atom is -0.494 e. The van der Waals surface area contributed by atoms with E-state index in [1.54, 1.807) is 24.3 Å². The lowest BCUT2D eigenvalue weighted by Crippen LogP contribution is -2.27. The molecule has 2 aromatic rings. The lowest BCUT2D eigenvalue weighted by molar-refractivity contribution is -0.427. The van der Waals surface area contributed by atoms with Crippen LogP contribution in [0, 0.1) is 0 Å². The van der Waals surface area contributed by atoms with Crippen LogP contribution in [-0.4, -0.2) is 57.9 Å². The minimum absolute atomic E-state index is 0.201. The van der Waals surface area contributed by atoms with Gasteiger partial charge >= 0.3 is 11.9 Å². The van der Waals surface area contributed by atoms with E-state index in [1.807, 2.05) is 20.8 Å². The molecule has 0 fully saturated rings. The van der Waals surface area contributed by atoms with Crippen LogP contribution < -0.4 is 9.47 Å². The largest absolute Gasteiger partial charge is 0.494 e. The first-order valence-electron chi connectivity index (χ1n) is 10.9. The van der Waals surface area contributed by atoms with Gasteiger partial charge in [-0.1, -0.05) is 12.1 Å². The van der Waals surface area contributed by atoms with Crippen LogP contribution in [0.5, 0.6) is 11.5 Å². The molecule has 0 spiro atoms. The van der Waals surface area contributed by atoms with Crippen LogP contribution in [-0.2, 0) is 29.0 Å². The molecule has 0 unspecified atom stereocenters. The average molecular weight is 478 g/mol. The highest BCUT2D eigenvalue weighted by Gasteiger charge is 2.20. The molecule has 0 saturated heterocycles. The van der Waals surface area contributed by atoms with E-state index in [0.717, 1.165) is 0 Å². The van der Waals surface area contributed by atoms with Crippen LogP contribution in [0.15, 0.2) is 48.5 Å². The SMILES string of the molecule is CCOCCOCC(OOC(=O)c1cccc(OCC)c1)OOC(=O)c1cccc(OCC)c1. The normalized spacial score (nSPS) is 10.7. The van der Waals surface area contributed by atoms with Gasteiger partial charge in [-0.05, 0) is 57.2 Å². The molecule has 0 amide bonds. The summed E-state index contributed by atoms with van der Waals surface area (Å²) >= 11 is 0. The van der Waals surface area contributed by atoms with Crippen LogP contribution in [0.3, 0.4) is 0 Å². The van der Waals surface area contributed by atoms with E-state index in [9.17, 15) is 9.59 Å². The summed E-state index contributed by atoms with van der Waals surface area (Å²) in [5.41, 5.74) is 0.401. The summed E-state index contributed by atoms with van der Waals surface area (Å²) in [4.78, 5) is 44.4. The van der Waals surface area contributed by atoms with Gasteiger partial charge in [-0.2, -0.15) is 0 Å². The van der Waals surface area contributed by atoms with E-state index in [0.29, 0.717) is 37.9 Å². The molecule has 0 aliphatic heterocycles. The standard InChI is InChI=1S/C24H30O10/c1-4-27-13-14-28-17-22(31-33-23(25)18-9-7-11-20(15-18)29-5-2)32-34-24(26)19-10-8-12-21(16-19)30-6-3/h7-12,15-16,22H,4-6,13-14,17H2,1-3H3. The van der Waals surface area contributed by atoms with Crippen LogP contribution in [0.25, 0.3) is 0 Å². The molecule has 186 valence electrons. The Morgan fingerprint density at radius 3 is 1.68 bits per heavy atom. The summed E-state index contributed by atoms with van der Waals surface area (Å²) in [6.07, 6.45) is -1.35. The Hall–Kier alpha value is -3.18. The number of rotatable bonds is 16. The molecule has 0 bridgehead atoms. The first-order valence-corrected chi connectivity index (χ1v) is 10.9. The second kappa shape index (κ2) is 15.6. The second-order valence-electron chi connectivity index (χ2n) is 6.56. The van der Waals surface area contributed by atoms with Crippen LogP contribution >= 0.6 is 0 Å². The molecule has 0 radical (unpaired) electrons. The van der Waals surface area contributed by atoms with Crippen molar-refractivity contribution < 1.29 is 48.1 Å². The third-order valence-electron chi connectivity index (χ3n) is 4.05. The molecule has 2 aromatic carbocycles. The zero-order valence-electron chi connectivity index (χ0n) is 19.5. The third kappa shape index (κ3) is 9.75. The number of carbonyl (C=O) groups is 2. The van der Waals surface area contributed by atoms with Crippen molar-refractivity contribution >= 4 is 11.9 Å². The van der Waals surface area contributed by atoms with Crippen LogP contribution in [0.2, 0.25) is 0 Å². The summed E-state index contributed by atoms with van der Waals surface area (Å²) < 4.78 is 21.3. The Morgan fingerprint density at radius 1 is 0.706 bits per heavy atom. The number of hydrogen-bond donors (Lipinski definition) is 0. The van der Waals surface area contributed by atoms with Gasteiger partial charge in [-0.3, -0.25) is 9.78 Å². The molecule has 0 aromatic heterocycles. The van der Waals surface area contributed by atoms with E-state index in [1.165, 1.54) is 24.3 Å². The van der Waals surface area contributed by atoms with E-state index < -0.39 is 18.2 Å². The van der Waals surface area contributed by atoms with Gasteiger partial charge in [0.15, 0.2) is 0 Å². The number of hydrogen-bond acceptors (Lipinski definition) is 10. The van der Waals surface area contributed by atoms with E-state index >= 15 is 0 Å². The average Bonchev–Trinajstić information content (AvgIpc) is 2.85. The van der Waals surface area contributed by atoms with Crippen LogP contribution in [0.4, 0.5) is 0 Å². The molecule has 10 nitrogen and oxygen atoms in total. The van der Waals surface area contributed by atoms with Gasteiger partial charge in [0.25, 0.3) is 6.29 Å². The van der Waals surface area contributed by atoms with Crippen molar-refractivity contribution in [3.63, 3.8) is 0 Å². The van der Waals surface area contributed by atoms with E-state index in [2.05, 4.69) is 0 Å². The summed E-state index contributed by atoms with van der Waals surface area (Å²) in [5.74, 6) is -0.570. The van der Waals surface area contributed by atoms with Gasteiger partial charge in [0.2, 0.25) is 0 Å². The van der Waals surface area contributed by atoms with Crippen molar-refractivity contribution in [3.05, 3.63) is 59.7 Å². The van der Waals surface area contributed by atoms with Gasteiger partial charge in [-0.25, -0.2) is 9.59 Å². The van der Waals surface area contributed by atoms with Crippen molar-refractivity contribution in [1.82, 2.24) is 0 Å². The Bertz CT molecular complexity index is 820. The highest BCUT2D eigenvalue weighted by Crippen LogP contribution is 2.16. The highest BCUT2D eigenvalue weighted by atomic mass is 17.3. The lowest BCUT2D eigenvalue weighted by atomic mass is 10.2. The predicted molar refractivity (Wildman–Crippen MR) is 119 cm³/mol. The molecule has 34 heavy (non-hydrogen) atoms. The monoisotopic (exact) mass is 478 g/mol. The maximum atomic E-state index is 12.3. The van der Waals surface area contributed by atoms with Gasteiger partial charge in [0.05, 0.1) is 37.6 Å². The smallest absolute Gasteiger partial charge is 0.373 e. The number of benzene rings is 2. The Morgan fingerprint density at radius 2 is 1.21 bits per heavy atom. The van der Waals surface area contributed by atoms with Gasteiger partial charge in [0.1, 0.15) is 18.1 Å². The molecule has 0 saturated carbocycles. The number of ether oxygens (including phenoxy) is 4. The fourth-order valence-corrected chi connectivity index (χ4v) is 2.56. The molecule has 0 aliphatic carbocycles. The number of carbonyl (C=O) groups excluding carboxylic acids is 2. The summed E-state index contributed by atoms with van der Waals surface area (Å²) in [7, 11) is 0. The molecule has 0 atom stereocenters. The predicted octanol–water partition coefficient (Wildman–Crippen LogP) is 3.74. The molecule has 0 aliphatic rings. The van der Waals surface area contributed by atoms with Gasteiger partial charge in [-0.15, -0.1) is 9.78 Å². The zero-order valence-corrected chi connectivity index (χ0v) is 19.5. The zero-order chi connectivity index (χ0) is 24.6. The quantitative estimate of drug-likeness (QED) is 0.153. The van der Waals surface area contributed by atoms with Crippen molar-refractivity contribution in [1.29, 1.82) is 0 Å². The van der Waals surface area contributed by atoms with Crippen molar-refractivity contribution in [2.45, 2.75) is 27.1 Å². The second-order valence-corrected chi connectivity index (χ2v) is 6.56. The molecule has 10 heteroatoms. The van der Waals surface area contributed by atoms with Crippen LogP contribution in [0.1, 0.15) is 41.5 Å². The molecular weight excluding hydrogens is 448 g/mol. The van der Waals surface area contributed by atoms with Gasteiger partial charge < -0.3 is 18.9 Å². The van der Waals surface area contributed by atoms with Gasteiger partial charge in [0, 0.05) is 6.61 Å². The van der Waals surface area contributed by atoms with Crippen molar-refractivity contribution in [3.8, 4) is 11.5 Å². The third-order valence-corrected chi connectivity index (χ3v) is 4.05. The fraction of sp³-hybridized carbons (Fsp3) is 0.417. The molecule has 2 rings (SSSR count). The summed E-state index contributed by atoms with van der Waals surface area (Å²) in [6, 6.07) is 12.8. The van der Waals surface area contributed by atoms with Crippen molar-refractivity contribution in [2.24, 2.45) is 0 Å². The Kier molecular flexibility index (Phi) is 12.4. The van der Waals surface area contributed by atoms with Crippen molar-refractivity contribution in [2.75, 3.05) is 39.6 Å². The first kappa shape index (κ1) is 27.1. The van der Waals surface area contributed by atoms with E-state index in [4.69, 9.17) is 38.5 Å². The topological polar surface area (TPSA) is 108 Å². The summed E-state index contributed by atoms with van der Waals surface area (Å²) in [6.45, 7) is 7.32. The molecule has 0 heterocycles. The van der Waals surface area contributed by atoms with E-state index in [-0.39, 0.29) is 24.3 Å². The summed E-state index contributed by atoms with van der Waals surface area (Å²) in [5, 5.41) is 0.